The predicted molar refractivity (Wildman–Crippen MR) is 145 cm³/mol. The van der Waals surface area contributed by atoms with E-state index in [-0.39, 0.29) is 44.3 Å². The highest BCUT2D eigenvalue weighted by Gasteiger charge is 2.34. The van der Waals surface area contributed by atoms with Crippen molar-refractivity contribution in [2.75, 3.05) is 26.3 Å². The number of phenolic OH excluding ortho intramolecular Hbond substituents is 2. The summed E-state index contributed by atoms with van der Waals surface area (Å²) in [7, 11) is 0. The lowest BCUT2D eigenvalue weighted by molar-refractivity contribution is -0.148. The molecule has 12 nitrogen and oxygen atoms in total. The Hall–Kier alpha value is -3.26. The number of carboxylic acids is 2. The Bertz CT molecular complexity index is 1160. The number of hydrogen-bond acceptors (Lipinski definition) is 10. The lowest BCUT2D eigenvalue weighted by Gasteiger charge is -2.38. The second kappa shape index (κ2) is 15.5. The minimum Gasteiger partial charge on any atom is -0.508 e. The van der Waals surface area contributed by atoms with Crippen LogP contribution in [0.25, 0.3) is 0 Å². The van der Waals surface area contributed by atoms with Crippen molar-refractivity contribution in [1.82, 2.24) is 9.80 Å². The van der Waals surface area contributed by atoms with Gasteiger partial charge in [0.05, 0.1) is 33.0 Å². The third-order valence-electron chi connectivity index (χ3n) is 7.06. The number of aliphatic hydroxyl groups is 4. The molecule has 40 heavy (non-hydrogen) atoms. The molecule has 0 aliphatic heterocycles. The van der Waals surface area contributed by atoms with Gasteiger partial charge in [0.25, 0.3) is 0 Å². The summed E-state index contributed by atoms with van der Waals surface area (Å²) in [5.41, 5.74) is 3.06. The van der Waals surface area contributed by atoms with Crippen LogP contribution in [0.15, 0.2) is 24.3 Å². The van der Waals surface area contributed by atoms with Gasteiger partial charge < -0.3 is 40.9 Å². The number of aliphatic carboxylic acids is 2. The van der Waals surface area contributed by atoms with Crippen molar-refractivity contribution in [3.63, 3.8) is 0 Å². The van der Waals surface area contributed by atoms with Gasteiger partial charge in [-0.3, -0.25) is 19.4 Å². The third kappa shape index (κ3) is 8.13. The van der Waals surface area contributed by atoms with Gasteiger partial charge >= 0.3 is 11.9 Å². The van der Waals surface area contributed by atoms with E-state index in [9.17, 15) is 50.4 Å². The largest absolute Gasteiger partial charge is 0.508 e. The first-order valence-electron chi connectivity index (χ1n) is 13.1. The number of rotatable bonds is 17. The van der Waals surface area contributed by atoms with Crippen LogP contribution in [-0.2, 0) is 48.7 Å². The molecule has 0 spiro atoms. The molecule has 8 N–H and O–H groups in total. The fourth-order valence-electron chi connectivity index (χ4n) is 5.03. The first-order valence-corrected chi connectivity index (χ1v) is 13.1. The molecule has 0 aliphatic carbocycles. The van der Waals surface area contributed by atoms with Crippen LogP contribution < -0.4 is 0 Å². The monoisotopic (exact) mass is 564 g/mol. The number of phenols is 2. The van der Waals surface area contributed by atoms with Gasteiger partial charge in [-0.15, -0.1) is 0 Å². The highest BCUT2D eigenvalue weighted by Crippen LogP contribution is 2.30. The van der Waals surface area contributed by atoms with Gasteiger partial charge in [0.2, 0.25) is 0 Å². The molecule has 0 heterocycles. The summed E-state index contributed by atoms with van der Waals surface area (Å²) < 4.78 is 0. The van der Waals surface area contributed by atoms with Crippen molar-refractivity contribution in [3.05, 3.63) is 57.6 Å². The number of benzene rings is 2. The topological polar surface area (TPSA) is 202 Å². The van der Waals surface area contributed by atoms with E-state index in [0.717, 1.165) is 0 Å². The number of carboxylic acid groups (broad SMARTS) is 2. The summed E-state index contributed by atoms with van der Waals surface area (Å²) in [5.74, 6) is -2.85. The predicted octanol–water partition coefficient (Wildman–Crippen LogP) is 0.402. The van der Waals surface area contributed by atoms with E-state index in [2.05, 4.69) is 0 Å². The van der Waals surface area contributed by atoms with Gasteiger partial charge in [0, 0.05) is 36.8 Å². The average molecular weight is 565 g/mol. The average Bonchev–Trinajstić information content (AvgIpc) is 2.92. The maximum Gasteiger partial charge on any atom is 0.323 e. The third-order valence-corrected chi connectivity index (χ3v) is 7.06. The molecule has 2 aromatic carbocycles. The van der Waals surface area contributed by atoms with E-state index < -0.39 is 43.8 Å². The van der Waals surface area contributed by atoms with Crippen LogP contribution in [0.4, 0.5) is 0 Å². The molecule has 0 saturated heterocycles. The zero-order chi connectivity index (χ0) is 30.0. The molecular weight excluding hydrogens is 524 g/mol. The Morgan fingerprint density at radius 1 is 0.800 bits per heavy atom. The summed E-state index contributed by atoms with van der Waals surface area (Å²) >= 11 is 0. The summed E-state index contributed by atoms with van der Waals surface area (Å²) in [6.07, 6.45) is 0.890. The molecule has 0 aliphatic rings. The Morgan fingerprint density at radius 2 is 1.50 bits per heavy atom. The molecule has 0 aromatic heterocycles. The smallest absolute Gasteiger partial charge is 0.323 e. The quantitative estimate of drug-likeness (QED) is 0.132. The van der Waals surface area contributed by atoms with Crippen molar-refractivity contribution < 1.29 is 50.4 Å². The Balaban J connectivity index is 2.55. The first-order chi connectivity index (χ1) is 19.0. The Kier molecular flexibility index (Phi) is 12.8. The van der Waals surface area contributed by atoms with Crippen molar-refractivity contribution >= 4 is 11.9 Å². The van der Waals surface area contributed by atoms with Crippen LogP contribution in [0.5, 0.6) is 11.5 Å². The number of aliphatic hydroxyl groups excluding tert-OH is 4. The van der Waals surface area contributed by atoms with Crippen molar-refractivity contribution in [1.29, 1.82) is 0 Å². The number of carbonyl (C=O) groups is 2. The molecule has 0 fully saturated rings. The van der Waals surface area contributed by atoms with Crippen LogP contribution in [0, 0.1) is 0 Å². The summed E-state index contributed by atoms with van der Waals surface area (Å²) in [4.78, 5) is 26.6. The molecule has 0 radical (unpaired) electrons. The van der Waals surface area contributed by atoms with Gasteiger partial charge in [-0.1, -0.05) is 26.0 Å². The Morgan fingerprint density at radius 3 is 2.00 bits per heavy atom. The second-order valence-corrected chi connectivity index (χ2v) is 9.59. The zero-order valence-electron chi connectivity index (χ0n) is 22.8. The highest BCUT2D eigenvalue weighted by molar-refractivity contribution is 5.73. The normalized spacial score (nSPS) is 13.1. The fraction of sp³-hybridized carbons (Fsp3) is 0.500. The second-order valence-electron chi connectivity index (χ2n) is 9.59. The minimum absolute atomic E-state index is 0.0559. The van der Waals surface area contributed by atoms with Gasteiger partial charge in [-0.05, 0) is 47.2 Å². The van der Waals surface area contributed by atoms with Crippen LogP contribution in [0.2, 0.25) is 0 Å². The number of hydrogen-bond donors (Lipinski definition) is 8. The summed E-state index contributed by atoms with van der Waals surface area (Å²) in [6.45, 7) is 0.666. The van der Waals surface area contributed by atoms with E-state index >= 15 is 0 Å². The van der Waals surface area contributed by atoms with Gasteiger partial charge in [-0.2, -0.15) is 0 Å². The standard InChI is InChI=1S/C28H40N2O10/c1-3-18-7-17(13-31)8-26(36)22(18)10-29(12-27(37)38)9-20(15-33)30(24(16-34)28(39)40)11-23-21(4-2)19(14-32)5-6-25(23)35/h5-8,20,24,31-36H,3-4,9-16H2,1-2H3,(H,37,38)(H,39,40). The molecular formula is C28H40N2O10. The van der Waals surface area contributed by atoms with Crippen LogP contribution in [0.1, 0.15) is 47.2 Å². The molecule has 2 aromatic rings. The van der Waals surface area contributed by atoms with E-state index in [1.807, 2.05) is 6.92 Å². The molecule has 0 amide bonds. The molecule has 2 atom stereocenters. The van der Waals surface area contributed by atoms with Crippen LogP contribution in [0.3, 0.4) is 0 Å². The fourth-order valence-corrected chi connectivity index (χ4v) is 5.03. The van der Waals surface area contributed by atoms with E-state index in [4.69, 9.17) is 0 Å². The van der Waals surface area contributed by atoms with E-state index in [1.165, 1.54) is 21.9 Å². The molecule has 2 unspecified atom stereocenters. The lowest BCUT2D eigenvalue weighted by atomic mass is 9.96. The zero-order valence-corrected chi connectivity index (χ0v) is 22.8. The molecule has 2 rings (SSSR count). The van der Waals surface area contributed by atoms with Crippen molar-refractivity contribution in [2.24, 2.45) is 0 Å². The number of aromatic hydroxyl groups is 2. The van der Waals surface area contributed by atoms with Gasteiger partial charge in [0.15, 0.2) is 0 Å². The number of aryl methyl sites for hydroxylation is 1. The first kappa shape index (κ1) is 32.9. The molecule has 222 valence electrons. The molecule has 0 bridgehead atoms. The minimum atomic E-state index is -1.51. The maximum absolute atomic E-state index is 12.1. The van der Waals surface area contributed by atoms with Crippen LogP contribution >= 0.6 is 0 Å². The maximum atomic E-state index is 12.1. The molecule has 0 saturated carbocycles. The number of nitrogens with zero attached hydrogens (tertiary/aromatic N) is 2. The van der Waals surface area contributed by atoms with E-state index in [0.29, 0.717) is 46.2 Å². The Labute approximate surface area is 233 Å². The summed E-state index contributed by atoms with van der Waals surface area (Å²) in [5, 5.41) is 80.4. The lowest BCUT2D eigenvalue weighted by Crippen LogP contribution is -2.54. The van der Waals surface area contributed by atoms with E-state index in [1.54, 1.807) is 19.1 Å². The molecule has 12 heteroatoms. The van der Waals surface area contributed by atoms with Gasteiger partial charge in [0.1, 0.15) is 17.5 Å². The SMILES string of the molecule is CCc1cc(CO)cc(O)c1CN(CC(=O)O)CC(CO)N(Cc1c(O)ccc(CO)c1CC)C(CO)C(=O)O. The van der Waals surface area contributed by atoms with Crippen LogP contribution in [-0.4, -0.2) is 101 Å². The van der Waals surface area contributed by atoms with Crippen molar-refractivity contribution in [2.45, 2.75) is 65.1 Å². The van der Waals surface area contributed by atoms with Crippen molar-refractivity contribution in [3.8, 4) is 11.5 Å². The highest BCUT2D eigenvalue weighted by atomic mass is 16.4. The van der Waals surface area contributed by atoms with Gasteiger partial charge in [-0.25, -0.2) is 0 Å². The summed E-state index contributed by atoms with van der Waals surface area (Å²) in [6, 6.07) is 3.51.